The molecule has 1 aliphatic rings. The average molecular weight is 425 g/mol. The second kappa shape index (κ2) is 7.81. The van der Waals surface area contributed by atoms with Gasteiger partial charge in [-0.2, -0.15) is 0 Å². The van der Waals surface area contributed by atoms with Crippen molar-refractivity contribution >= 4 is 46.3 Å². The maximum absolute atomic E-state index is 13.0. The Kier molecular flexibility index (Phi) is 5.22. The standard InChI is InChI=1S/C22H17ClN2O3S/c1-2-24(13-16-10-11-19(23)29-16)20(26)14-6-5-7-15(12-14)25-21(27)17-8-3-4-9-18(17)22(25)28/h3-12H,2,13H2,1H3. The van der Waals surface area contributed by atoms with Gasteiger partial charge < -0.3 is 4.90 Å². The summed E-state index contributed by atoms with van der Waals surface area (Å²) in [6.45, 7) is 2.87. The Morgan fingerprint density at radius 3 is 2.28 bits per heavy atom. The highest BCUT2D eigenvalue weighted by molar-refractivity contribution is 7.16. The van der Waals surface area contributed by atoms with E-state index in [0.717, 1.165) is 9.78 Å². The highest BCUT2D eigenvalue weighted by atomic mass is 35.5. The quantitative estimate of drug-likeness (QED) is 0.549. The molecule has 2 aromatic carbocycles. The van der Waals surface area contributed by atoms with Crippen LogP contribution in [0, 0.1) is 0 Å². The van der Waals surface area contributed by atoms with Crippen molar-refractivity contribution < 1.29 is 14.4 Å². The van der Waals surface area contributed by atoms with Crippen molar-refractivity contribution in [2.45, 2.75) is 13.5 Å². The fourth-order valence-corrected chi connectivity index (χ4v) is 4.44. The molecule has 1 aromatic heterocycles. The molecule has 0 atom stereocenters. The van der Waals surface area contributed by atoms with Crippen LogP contribution < -0.4 is 4.90 Å². The fourth-order valence-electron chi connectivity index (χ4n) is 3.34. The number of rotatable bonds is 5. The zero-order valence-corrected chi connectivity index (χ0v) is 17.2. The molecule has 0 unspecified atom stereocenters. The Morgan fingerprint density at radius 1 is 1.00 bits per heavy atom. The maximum atomic E-state index is 13.0. The molecule has 3 amide bonds. The van der Waals surface area contributed by atoms with Gasteiger partial charge in [0.05, 0.1) is 27.7 Å². The number of amides is 3. The minimum atomic E-state index is -0.379. The summed E-state index contributed by atoms with van der Waals surface area (Å²) in [6, 6.07) is 17.1. The monoisotopic (exact) mass is 424 g/mol. The van der Waals surface area contributed by atoms with Gasteiger partial charge in [0.15, 0.2) is 0 Å². The van der Waals surface area contributed by atoms with Gasteiger partial charge in [0.1, 0.15) is 0 Å². The topological polar surface area (TPSA) is 57.7 Å². The van der Waals surface area contributed by atoms with E-state index >= 15 is 0 Å². The molecule has 0 bridgehead atoms. The Labute approximate surface area is 177 Å². The van der Waals surface area contributed by atoms with Gasteiger partial charge in [0.25, 0.3) is 17.7 Å². The predicted molar refractivity (Wildman–Crippen MR) is 114 cm³/mol. The van der Waals surface area contributed by atoms with Crippen molar-refractivity contribution in [3.05, 3.63) is 86.6 Å². The van der Waals surface area contributed by atoms with E-state index in [9.17, 15) is 14.4 Å². The minimum absolute atomic E-state index is 0.171. The summed E-state index contributed by atoms with van der Waals surface area (Å²) >= 11 is 7.42. The molecule has 0 saturated heterocycles. The van der Waals surface area contributed by atoms with E-state index in [1.54, 1.807) is 53.4 Å². The smallest absolute Gasteiger partial charge is 0.266 e. The predicted octanol–water partition coefficient (Wildman–Crippen LogP) is 4.86. The number of fused-ring (bicyclic) bond motifs is 1. The first-order valence-electron chi connectivity index (χ1n) is 9.11. The van der Waals surface area contributed by atoms with Gasteiger partial charge in [-0.25, -0.2) is 4.90 Å². The van der Waals surface area contributed by atoms with E-state index in [4.69, 9.17) is 11.6 Å². The van der Waals surface area contributed by atoms with Gasteiger partial charge in [-0.3, -0.25) is 14.4 Å². The zero-order valence-electron chi connectivity index (χ0n) is 15.6. The van der Waals surface area contributed by atoms with Crippen LogP contribution in [0.25, 0.3) is 0 Å². The first-order chi connectivity index (χ1) is 14.0. The fraction of sp³-hybridized carbons (Fsp3) is 0.136. The molecule has 0 radical (unpaired) electrons. The zero-order chi connectivity index (χ0) is 20.5. The third-order valence-corrected chi connectivity index (χ3v) is 6.01. The van der Waals surface area contributed by atoms with Gasteiger partial charge >= 0.3 is 0 Å². The van der Waals surface area contributed by atoms with Crippen molar-refractivity contribution in [3.63, 3.8) is 0 Å². The Morgan fingerprint density at radius 2 is 1.69 bits per heavy atom. The van der Waals surface area contributed by atoms with E-state index in [-0.39, 0.29) is 17.7 Å². The van der Waals surface area contributed by atoms with E-state index in [1.807, 2.05) is 19.1 Å². The number of carbonyl (C=O) groups is 3. The Balaban J connectivity index is 1.61. The van der Waals surface area contributed by atoms with Gasteiger partial charge in [-0.15, -0.1) is 11.3 Å². The largest absolute Gasteiger partial charge is 0.334 e. The number of hydrogen-bond donors (Lipinski definition) is 0. The van der Waals surface area contributed by atoms with Crippen LogP contribution >= 0.6 is 22.9 Å². The number of hydrogen-bond acceptors (Lipinski definition) is 4. The molecule has 0 fully saturated rings. The van der Waals surface area contributed by atoms with Gasteiger partial charge in [-0.05, 0) is 49.4 Å². The number of anilines is 1. The molecule has 1 aliphatic heterocycles. The van der Waals surface area contributed by atoms with Crippen LogP contribution in [0.5, 0.6) is 0 Å². The van der Waals surface area contributed by atoms with Gasteiger partial charge in [0, 0.05) is 17.0 Å². The molecule has 0 saturated carbocycles. The molecule has 0 N–H and O–H groups in total. The van der Waals surface area contributed by atoms with Crippen LogP contribution in [-0.2, 0) is 6.54 Å². The van der Waals surface area contributed by atoms with Crippen LogP contribution in [0.2, 0.25) is 4.34 Å². The third-order valence-electron chi connectivity index (χ3n) is 4.79. The lowest BCUT2D eigenvalue weighted by molar-refractivity contribution is 0.0753. The summed E-state index contributed by atoms with van der Waals surface area (Å²) in [5.74, 6) is -0.929. The van der Waals surface area contributed by atoms with Crippen LogP contribution in [0.15, 0.2) is 60.7 Å². The summed E-state index contributed by atoms with van der Waals surface area (Å²) in [5, 5.41) is 0. The SMILES string of the molecule is CCN(Cc1ccc(Cl)s1)C(=O)c1cccc(N2C(=O)c3ccccc3C2=O)c1. The number of imide groups is 1. The molecule has 0 aliphatic carbocycles. The first-order valence-corrected chi connectivity index (χ1v) is 10.3. The summed E-state index contributed by atoms with van der Waals surface area (Å²) in [4.78, 5) is 42.3. The lowest BCUT2D eigenvalue weighted by Crippen LogP contribution is -2.31. The second-order valence-corrected chi connectivity index (χ2v) is 8.37. The summed E-state index contributed by atoms with van der Waals surface area (Å²) in [5.41, 5.74) is 1.55. The summed E-state index contributed by atoms with van der Waals surface area (Å²) in [6.07, 6.45) is 0. The van der Waals surface area contributed by atoms with Crippen LogP contribution in [0.1, 0.15) is 42.9 Å². The molecule has 2 heterocycles. The minimum Gasteiger partial charge on any atom is -0.334 e. The lowest BCUT2D eigenvalue weighted by atomic mass is 10.1. The van der Waals surface area contributed by atoms with Crippen molar-refractivity contribution in [2.24, 2.45) is 0 Å². The second-order valence-electron chi connectivity index (χ2n) is 6.57. The molecule has 4 rings (SSSR count). The first kappa shape index (κ1) is 19.4. The van der Waals surface area contributed by atoms with Crippen LogP contribution in [-0.4, -0.2) is 29.2 Å². The maximum Gasteiger partial charge on any atom is 0.266 e. The number of halogens is 1. The van der Waals surface area contributed by atoms with E-state index in [2.05, 4.69) is 0 Å². The Hall–Kier alpha value is -2.96. The Bertz CT molecular complexity index is 1090. The average Bonchev–Trinajstić information content (AvgIpc) is 3.26. The number of nitrogens with zero attached hydrogens (tertiary/aromatic N) is 2. The molecule has 7 heteroatoms. The third kappa shape index (κ3) is 3.57. The number of benzene rings is 2. The molecule has 146 valence electrons. The molecule has 5 nitrogen and oxygen atoms in total. The summed E-state index contributed by atoms with van der Waals surface area (Å²) in [7, 11) is 0. The normalized spacial score (nSPS) is 13.0. The van der Waals surface area contributed by atoms with E-state index in [1.165, 1.54) is 11.3 Å². The highest BCUT2D eigenvalue weighted by Crippen LogP contribution is 2.29. The van der Waals surface area contributed by atoms with Crippen molar-refractivity contribution in [3.8, 4) is 0 Å². The van der Waals surface area contributed by atoms with E-state index in [0.29, 0.717) is 39.8 Å². The molecule has 0 spiro atoms. The van der Waals surface area contributed by atoms with E-state index < -0.39 is 0 Å². The van der Waals surface area contributed by atoms with Gasteiger partial charge in [-0.1, -0.05) is 29.8 Å². The number of carbonyl (C=O) groups excluding carboxylic acids is 3. The van der Waals surface area contributed by atoms with Crippen LogP contribution in [0.4, 0.5) is 5.69 Å². The van der Waals surface area contributed by atoms with Crippen molar-refractivity contribution in [2.75, 3.05) is 11.4 Å². The lowest BCUT2D eigenvalue weighted by Gasteiger charge is -2.21. The van der Waals surface area contributed by atoms with Crippen LogP contribution in [0.3, 0.4) is 0 Å². The molecular formula is C22H17ClN2O3S. The van der Waals surface area contributed by atoms with Crippen molar-refractivity contribution in [1.29, 1.82) is 0 Å². The summed E-state index contributed by atoms with van der Waals surface area (Å²) < 4.78 is 0.677. The highest BCUT2D eigenvalue weighted by Gasteiger charge is 2.36. The molecule has 29 heavy (non-hydrogen) atoms. The molecule has 3 aromatic rings. The molecular weight excluding hydrogens is 408 g/mol. The van der Waals surface area contributed by atoms with Crippen molar-refractivity contribution in [1.82, 2.24) is 4.90 Å². The number of thiophene rings is 1. The van der Waals surface area contributed by atoms with Gasteiger partial charge in [0.2, 0.25) is 0 Å².